The highest BCUT2D eigenvalue weighted by molar-refractivity contribution is 6.54. The number of fused-ring (bicyclic) bond motifs is 1. The van der Waals surface area contributed by atoms with Crippen molar-refractivity contribution in [2.45, 2.75) is 64.1 Å². The summed E-state index contributed by atoms with van der Waals surface area (Å²) in [6, 6.07) is 19.7. The molecule has 320 valence electrons. The highest BCUT2D eigenvalue weighted by Crippen LogP contribution is 2.39. The van der Waals surface area contributed by atoms with Crippen molar-refractivity contribution in [3.8, 4) is 23.0 Å². The van der Waals surface area contributed by atoms with Gasteiger partial charge in [-0.05, 0) is 81.6 Å². The van der Waals surface area contributed by atoms with Crippen LogP contribution in [-0.2, 0) is 26.9 Å². The number of carbonyl (C=O) groups excluding carboxylic acids is 2. The SMILES string of the molecule is CC1COc2ccccc2N1C(=O)C(Cl)Cl.CCOc1cc(Oc2ccc(C(F)(F)F)cc2Cl)ccc1[N+](=O)[O-].CCc1cccc(C)c1N(C(=O)CCl)C(C)COC. The lowest BCUT2D eigenvalue weighted by molar-refractivity contribution is -0.385. The van der Waals surface area contributed by atoms with Crippen LogP contribution in [0.3, 0.4) is 0 Å². The first-order chi connectivity index (χ1) is 27.9. The van der Waals surface area contributed by atoms with E-state index in [1.54, 1.807) is 23.8 Å². The van der Waals surface area contributed by atoms with Crippen LogP contribution in [0.25, 0.3) is 0 Å². The second-order valence-corrected chi connectivity index (χ2v) is 14.6. The average Bonchev–Trinajstić information content (AvgIpc) is 3.19. The van der Waals surface area contributed by atoms with Crippen molar-refractivity contribution in [1.82, 2.24) is 0 Å². The molecule has 2 unspecified atom stereocenters. The van der Waals surface area contributed by atoms with Gasteiger partial charge in [-0.1, -0.05) is 72.1 Å². The molecule has 0 saturated carbocycles. The number of rotatable bonds is 12. The van der Waals surface area contributed by atoms with E-state index in [-0.39, 0.29) is 64.3 Å². The second-order valence-electron chi connectivity index (χ2n) is 12.8. The Morgan fingerprint density at radius 1 is 1.03 bits per heavy atom. The molecule has 1 aliphatic rings. The fraction of sp³-hybridized carbons (Fsp3) is 0.366. The van der Waals surface area contributed by atoms with Crippen molar-refractivity contribution < 1.29 is 46.6 Å². The zero-order chi connectivity index (χ0) is 44.0. The van der Waals surface area contributed by atoms with E-state index in [2.05, 4.69) is 13.0 Å². The molecule has 2 amide bonds. The van der Waals surface area contributed by atoms with Crippen molar-refractivity contribution in [3.63, 3.8) is 0 Å². The Bertz CT molecular complexity index is 2060. The molecule has 1 aliphatic heterocycles. The maximum atomic E-state index is 12.6. The summed E-state index contributed by atoms with van der Waals surface area (Å²) in [6.45, 7) is 10.8. The van der Waals surface area contributed by atoms with Gasteiger partial charge in [-0.25, -0.2) is 0 Å². The van der Waals surface area contributed by atoms with E-state index in [1.807, 2.05) is 57.2 Å². The molecule has 0 fully saturated rings. The molecule has 0 aliphatic carbocycles. The third-order valence-electron chi connectivity index (χ3n) is 8.56. The molecule has 1 heterocycles. The molecule has 2 atom stereocenters. The van der Waals surface area contributed by atoms with Crippen LogP contribution in [-0.4, -0.2) is 66.5 Å². The number of anilines is 2. The molecule has 11 nitrogen and oxygen atoms in total. The van der Waals surface area contributed by atoms with Gasteiger partial charge in [0.2, 0.25) is 11.7 Å². The average molecular weight is 906 g/mol. The van der Waals surface area contributed by atoms with E-state index in [9.17, 15) is 32.9 Å². The number of benzene rings is 4. The molecule has 0 aromatic heterocycles. The van der Waals surface area contributed by atoms with E-state index in [1.165, 1.54) is 18.2 Å². The number of nitro benzene ring substituents is 1. The quantitative estimate of drug-likeness (QED) is 0.0783. The number of nitrogens with zero attached hydrogens (tertiary/aromatic N) is 3. The zero-order valence-corrected chi connectivity index (χ0v) is 36.1. The van der Waals surface area contributed by atoms with E-state index in [0.717, 1.165) is 47.1 Å². The minimum Gasteiger partial charge on any atom is -0.489 e. The van der Waals surface area contributed by atoms with Gasteiger partial charge in [0, 0.05) is 19.2 Å². The van der Waals surface area contributed by atoms with Crippen LogP contribution in [0.1, 0.15) is 44.4 Å². The first kappa shape index (κ1) is 48.9. The molecule has 4 aromatic carbocycles. The summed E-state index contributed by atoms with van der Waals surface area (Å²) < 4.78 is 59.1. The number of para-hydroxylation sites is 3. The molecule has 0 spiro atoms. The largest absolute Gasteiger partial charge is 0.489 e. The third kappa shape index (κ3) is 13.3. The summed E-state index contributed by atoms with van der Waals surface area (Å²) in [4.78, 5) is 36.7. The first-order valence-electron chi connectivity index (χ1n) is 18.1. The minimum absolute atomic E-state index is 0.0111. The Kier molecular flexibility index (Phi) is 18.9. The number of hydrogen-bond acceptors (Lipinski definition) is 8. The van der Waals surface area contributed by atoms with E-state index >= 15 is 0 Å². The Morgan fingerprint density at radius 3 is 2.31 bits per heavy atom. The smallest absolute Gasteiger partial charge is 0.416 e. The molecule has 5 rings (SSSR count). The van der Waals surface area contributed by atoms with Crippen molar-refractivity contribution in [3.05, 3.63) is 111 Å². The first-order valence-corrected chi connectivity index (χ1v) is 19.9. The van der Waals surface area contributed by atoms with Crippen LogP contribution < -0.4 is 24.0 Å². The van der Waals surface area contributed by atoms with Crippen LogP contribution in [0, 0.1) is 17.0 Å². The highest BCUT2D eigenvalue weighted by Gasteiger charge is 2.33. The lowest BCUT2D eigenvalue weighted by atomic mass is 10.0. The van der Waals surface area contributed by atoms with Gasteiger partial charge < -0.3 is 28.7 Å². The Labute approximate surface area is 360 Å². The van der Waals surface area contributed by atoms with Gasteiger partial charge in [0.15, 0.2) is 4.84 Å². The fourth-order valence-electron chi connectivity index (χ4n) is 5.93. The minimum atomic E-state index is -4.52. The predicted molar refractivity (Wildman–Crippen MR) is 225 cm³/mol. The Morgan fingerprint density at radius 2 is 1.73 bits per heavy atom. The van der Waals surface area contributed by atoms with Crippen LogP contribution in [0.5, 0.6) is 23.0 Å². The lowest BCUT2D eigenvalue weighted by Crippen LogP contribution is -2.47. The monoisotopic (exact) mass is 903 g/mol. The summed E-state index contributed by atoms with van der Waals surface area (Å²) in [5.74, 6) is 0.380. The van der Waals surface area contributed by atoms with Crippen LogP contribution in [0.4, 0.5) is 30.2 Å². The molecule has 0 saturated heterocycles. The number of alkyl halides is 6. The van der Waals surface area contributed by atoms with E-state index < -0.39 is 21.5 Å². The number of amides is 2. The number of nitro groups is 1. The summed E-state index contributed by atoms with van der Waals surface area (Å²) >= 11 is 22.8. The van der Waals surface area contributed by atoms with Gasteiger partial charge in [0.1, 0.15) is 29.7 Å². The maximum absolute atomic E-state index is 12.6. The maximum Gasteiger partial charge on any atom is 0.416 e. The highest BCUT2D eigenvalue weighted by atomic mass is 35.5. The number of hydrogen-bond donors (Lipinski definition) is 0. The van der Waals surface area contributed by atoms with E-state index in [4.69, 9.17) is 65.4 Å². The van der Waals surface area contributed by atoms with Crippen molar-refractivity contribution in [2.75, 3.05) is 42.6 Å². The van der Waals surface area contributed by atoms with Crippen molar-refractivity contribution >= 4 is 75.3 Å². The second kappa shape index (κ2) is 22.8. The Balaban J connectivity index is 0.000000242. The normalized spacial score (nSPS) is 13.7. The molecule has 4 aromatic rings. The Hall–Kier alpha value is -4.47. The fourth-order valence-corrected chi connectivity index (χ4v) is 6.49. The lowest BCUT2D eigenvalue weighted by Gasteiger charge is -2.35. The summed E-state index contributed by atoms with van der Waals surface area (Å²) in [5.41, 5.74) is 2.78. The van der Waals surface area contributed by atoms with Gasteiger partial charge in [-0.3, -0.25) is 19.7 Å². The topological polar surface area (TPSA) is 121 Å². The number of aryl methyl sites for hydroxylation is 2. The number of carbonyl (C=O) groups is 2. The van der Waals surface area contributed by atoms with Gasteiger partial charge >= 0.3 is 11.9 Å². The van der Waals surface area contributed by atoms with Crippen molar-refractivity contribution in [2.24, 2.45) is 0 Å². The van der Waals surface area contributed by atoms with Crippen molar-refractivity contribution in [1.29, 1.82) is 0 Å². The van der Waals surface area contributed by atoms with E-state index in [0.29, 0.717) is 19.0 Å². The zero-order valence-electron chi connectivity index (χ0n) is 33.0. The molecule has 0 radical (unpaired) electrons. The summed E-state index contributed by atoms with van der Waals surface area (Å²) in [6.07, 6.45) is -3.64. The standard InChI is InChI=1S/C15H11ClF3NO4.C15H22ClNO2.C11H11Cl2NO2/c1-2-23-14-8-10(4-5-12(14)20(21)22)24-13-6-3-9(7-11(13)16)15(17,18)19;1-5-13-8-6-7-11(2)15(13)17(14(18)9-16)12(3)10-19-4;1-7-6-16-9-5-3-2-4-8(9)14(7)11(15)10(12)13/h3-8H,2H2,1H3;6-8,12H,5,9-10H2,1-4H3;2-5,7,10H,6H2,1H3. The molecule has 0 N–H and O–H groups in total. The van der Waals surface area contributed by atoms with Crippen LogP contribution in [0.2, 0.25) is 5.02 Å². The third-order valence-corrected chi connectivity index (χ3v) is 9.46. The van der Waals surface area contributed by atoms with Gasteiger partial charge in [-0.2, -0.15) is 13.2 Å². The van der Waals surface area contributed by atoms with Gasteiger partial charge in [0.25, 0.3) is 5.91 Å². The van der Waals surface area contributed by atoms with Crippen LogP contribution >= 0.6 is 46.4 Å². The summed E-state index contributed by atoms with van der Waals surface area (Å²) in [5, 5.41) is 10.7. The molecular weight excluding hydrogens is 861 g/mol. The molecule has 0 bridgehead atoms. The molecule has 59 heavy (non-hydrogen) atoms. The number of methoxy groups -OCH3 is 1. The van der Waals surface area contributed by atoms with Gasteiger partial charge in [0.05, 0.1) is 52.2 Å². The van der Waals surface area contributed by atoms with Gasteiger partial charge in [-0.15, -0.1) is 11.6 Å². The molecular formula is C41H44Cl4F3N3O8. The predicted octanol–water partition coefficient (Wildman–Crippen LogP) is 11.2. The number of halogens is 7. The van der Waals surface area contributed by atoms with Crippen LogP contribution in [0.15, 0.2) is 78.9 Å². The summed E-state index contributed by atoms with van der Waals surface area (Å²) in [7, 11) is 1.64. The molecule has 18 heteroatoms. The number of ether oxygens (including phenoxy) is 4.